The minimum Gasteiger partial charge on any atom is -0.384 e. The van der Waals surface area contributed by atoms with Gasteiger partial charge in [-0.05, 0) is 60.9 Å². The Morgan fingerprint density at radius 1 is 1.13 bits per heavy atom. The third kappa shape index (κ3) is 7.32. The predicted molar refractivity (Wildman–Crippen MR) is 116 cm³/mol. The molecule has 0 radical (unpaired) electrons. The first kappa shape index (κ1) is 24.3. The molecule has 0 spiro atoms. The Kier molecular flexibility index (Phi) is 8.09. The molecule has 0 saturated carbocycles. The Balaban J connectivity index is 2.13. The van der Waals surface area contributed by atoms with Gasteiger partial charge in [-0.1, -0.05) is 6.92 Å². The van der Waals surface area contributed by atoms with E-state index in [1.54, 1.807) is 4.72 Å². The van der Waals surface area contributed by atoms with Crippen LogP contribution in [0.2, 0.25) is 0 Å². The van der Waals surface area contributed by atoms with Gasteiger partial charge < -0.3 is 10.6 Å². The Bertz CT molecular complexity index is 1070. The van der Waals surface area contributed by atoms with E-state index in [0.29, 0.717) is 17.8 Å². The van der Waals surface area contributed by atoms with Crippen LogP contribution in [0.4, 0.5) is 24.5 Å². The van der Waals surface area contributed by atoms with Crippen molar-refractivity contribution in [2.75, 3.05) is 22.8 Å². The van der Waals surface area contributed by atoms with E-state index < -0.39 is 45.1 Å². The highest BCUT2D eigenvalue weighted by Crippen LogP contribution is 2.25. The Hall–Kier alpha value is -3.01. The second-order valence-electron chi connectivity index (χ2n) is 6.96. The van der Waals surface area contributed by atoms with Crippen molar-refractivity contribution in [3.8, 4) is 0 Å². The average molecular weight is 456 g/mol. The van der Waals surface area contributed by atoms with Gasteiger partial charge in [-0.3, -0.25) is 9.52 Å². The van der Waals surface area contributed by atoms with Crippen LogP contribution in [0.5, 0.6) is 0 Å². The number of anilines is 2. The highest BCUT2D eigenvalue weighted by Gasteiger charge is 2.18. The summed E-state index contributed by atoms with van der Waals surface area (Å²) in [4.78, 5) is 12.2. The minimum absolute atomic E-state index is 0.114. The number of hydrogen-bond acceptors (Lipinski definition) is 4. The number of carbonyl (C=O) groups is 1. The van der Waals surface area contributed by atoms with E-state index >= 15 is 0 Å². The van der Waals surface area contributed by atoms with Crippen molar-refractivity contribution in [2.45, 2.75) is 26.3 Å². The lowest BCUT2D eigenvalue weighted by molar-refractivity contribution is -0.117. The maximum Gasteiger partial charge on any atom is 0.244 e. The van der Waals surface area contributed by atoms with Crippen LogP contribution in [-0.4, -0.2) is 27.1 Å². The van der Waals surface area contributed by atoms with Crippen LogP contribution in [0.25, 0.3) is 6.08 Å². The first-order chi connectivity index (χ1) is 14.5. The number of carbonyl (C=O) groups excluding carboxylic acids is 1. The summed E-state index contributed by atoms with van der Waals surface area (Å²) in [5.74, 6) is -3.14. The van der Waals surface area contributed by atoms with E-state index in [4.69, 9.17) is 0 Å². The normalized spacial score (nSPS) is 12.6. The van der Waals surface area contributed by atoms with E-state index in [-0.39, 0.29) is 5.56 Å². The maximum atomic E-state index is 14.2. The van der Waals surface area contributed by atoms with Crippen LogP contribution < -0.4 is 15.4 Å². The fourth-order valence-electron chi connectivity index (χ4n) is 2.72. The van der Waals surface area contributed by atoms with Crippen LogP contribution in [0.3, 0.4) is 0 Å². The molecule has 2 aromatic rings. The molecule has 31 heavy (non-hydrogen) atoms. The zero-order valence-electron chi connectivity index (χ0n) is 17.3. The molecule has 0 fully saturated rings. The number of benzene rings is 2. The van der Waals surface area contributed by atoms with Crippen molar-refractivity contribution < 1.29 is 26.4 Å². The highest BCUT2D eigenvalue weighted by atomic mass is 32.2. The first-order valence-electron chi connectivity index (χ1n) is 9.49. The van der Waals surface area contributed by atoms with Gasteiger partial charge in [0.05, 0.1) is 12.3 Å². The molecular formula is C21H24F3N3O3S. The summed E-state index contributed by atoms with van der Waals surface area (Å²) in [6.45, 7) is 4.12. The van der Waals surface area contributed by atoms with Crippen molar-refractivity contribution in [3.63, 3.8) is 0 Å². The van der Waals surface area contributed by atoms with E-state index in [0.717, 1.165) is 24.8 Å². The van der Waals surface area contributed by atoms with Crippen LogP contribution in [0.1, 0.15) is 37.4 Å². The summed E-state index contributed by atoms with van der Waals surface area (Å²) in [6.07, 6.45) is 4.34. The third-order valence-electron chi connectivity index (χ3n) is 4.21. The van der Waals surface area contributed by atoms with Crippen LogP contribution in [0, 0.1) is 17.5 Å². The highest BCUT2D eigenvalue weighted by molar-refractivity contribution is 7.92. The topological polar surface area (TPSA) is 87.3 Å². The molecule has 2 rings (SSSR count). The molecule has 10 heteroatoms. The number of sulfonamides is 1. The largest absolute Gasteiger partial charge is 0.384 e. The van der Waals surface area contributed by atoms with Crippen molar-refractivity contribution in [1.82, 2.24) is 5.32 Å². The third-order valence-corrected chi connectivity index (χ3v) is 4.78. The van der Waals surface area contributed by atoms with Gasteiger partial charge in [0.15, 0.2) is 11.6 Å². The number of amides is 1. The monoisotopic (exact) mass is 455 g/mol. The van der Waals surface area contributed by atoms with Gasteiger partial charge in [0, 0.05) is 18.3 Å². The number of rotatable bonds is 9. The molecule has 0 aromatic heterocycles. The molecular weight excluding hydrogens is 431 g/mol. The molecule has 0 bridgehead atoms. The number of hydrogen-bond donors (Lipinski definition) is 3. The zero-order valence-corrected chi connectivity index (χ0v) is 18.1. The van der Waals surface area contributed by atoms with Crippen molar-refractivity contribution in [1.29, 1.82) is 0 Å². The van der Waals surface area contributed by atoms with Crippen molar-refractivity contribution >= 4 is 33.4 Å². The molecule has 3 N–H and O–H groups in total. The van der Waals surface area contributed by atoms with E-state index in [1.165, 1.54) is 37.3 Å². The fourth-order valence-corrected chi connectivity index (χ4v) is 3.29. The van der Waals surface area contributed by atoms with Crippen LogP contribution in [-0.2, 0) is 14.8 Å². The van der Waals surface area contributed by atoms with Crippen LogP contribution in [0.15, 0.2) is 36.4 Å². The van der Waals surface area contributed by atoms with Gasteiger partial charge in [-0.2, -0.15) is 0 Å². The zero-order chi connectivity index (χ0) is 23.2. The smallest absolute Gasteiger partial charge is 0.244 e. The quantitative estimate of drug-likeness (QED) is 0.495. The summed E-state index contributed by atoms with van der Waals surface area (Å²) in [6, 6.07) is 5.25. The molecule has 6 nitrogen and oxygen atoms in total. The van der Waals surface area contributed by atoms with Crippen LogP contribution >= 0.6 is 0 Å². The summed E-state index contributed by atoms with van der Waals surface area (Å²) < 4.78 is 66.0. The lowest BCUT2D eigenvalue weighted by Gasteiger charge is -2.15. The standard InChI is InChI=1S/C21H24F3N3O3S/c1-4-9-25-19-12-16(22)7-5-14(19)6-8-20(28)26-13(2)15-10-17(23)21(18(24)11-15)27-31(3,29)30/h5-8,10-13,25,27H,4,9H2,1-3H3,(H,26,28)/b8-6+/t13-/m1/s1. The number of nitrogens with one attached hydrogen (secondary N) is 3. The second-order valence-corrected chi connectivity index (χ2v) is 8.70. The molecule has 2 aromatic carbocycles. The SMILES string of the molecule is CCCNc1cc(F)ccc1/C=C/C(=O)N[C@H](C)c1cc(F)c(NS(C)(=O)=O)c(F)c1. The molecule has 168 valence electrons. The van der Waals surface area contributed by atoms with E-state index in [1.807, 2.05) is 6.92 Å². The van der Waals surface area contributed by atoms with Crippen molar-refractivity contribution in [3.05, 3.63) is 65.0 Å². The van der Waals surface area contributed by atoms with E-state index in [9.17, 15) is 26.4 Å². The minimum atomic E-state index is -3.86. The molecule has 0 unspecified atom stereocenters. The van der Waals surface area contributed by atoms with Gasteiger partial charge in [0.25, 0.3) is 0 Å². The fraction of sp³-hybridized carbons (Fsp3) is 0.286. The summed E-state index contributed by atoms with van der Waals surface area (Å²) in [7, 11) is -3.86. The van der Waals surface area contributed by atoms with E-state index in [2.05, 4.69) is 10.6 Å². The molecule has 0 aliphatic carbocycles. The Labute approximate surface area is 179 Å². The molecule has 1 atom stereocenters. The lowest BCUT2D eigenvalue weighted by Crippen LogP contribution is -2.25. The summed E-state index contributed by atoms with van der Waals surface area (Å²) >= 11 is 0. The summed E-state index contributed by atoms with van der Waals surface area (Å²) in [5, 5.41) is 5.64. The molecule has 1 amide bonds. The second kappa shape index (κ2) is 10.3. The van der Waals surface area contributed by atoms with Gasteiger partial charge in [0.2, 0.25) is 15.9 Å². The van der Waals surface area contributed by atoms with Gasteiger partial charge in [-0.25, -0.2) is 21.6 Å². The number of halogens is 3. The molecule has 0 aliphatic rings. The predicted octanol–water partition coefficient (Wildman–Crippen LogP) is 4.19. The molecule has 0 aliphatic heterocycles. The van der Waals surface area contributed by atoms with Gasteiger partial charge in [0.1, 0.15) is 11.5 Å². The Morgan fingerprint density at radius 3 is 2.35 bits per heavy atom. The Morgan fingerprint density at radius 2 is 1.77 bits per heavy atom. The molecule has 0 heterocycles. The average Bonchev–Trinajstić information content (AvgIpc) is 2.67. The maximum absolute atomic E-state index is 14.2. The first-order valence-corrected chi connectivity index (χ1v) is 11.4. The van der Waals surface area contributed by atoms with Gasteiger partial charge >= 0.3 is 0 Å². The lowest BCUT2D eigenvalue weighted by atomic mass is 10.1. The van der Waals surface area contributed by atoms with Gasteiger partial charge in [-0.15, -0.1) is 0 Å². The van der Waals surface area contributed by atoms with Crippen molar-refractivity contribution in [2.24, 2.45) is 0 Å². The summed E-state index contributed by atoms with van der Waals surface area (Å²) in [5.41, 5.74) is 0.471. The molecule has 0 saturated heterocycles.